The van der Waals surface area contributed by atoms with E-state index in [0.717, 1.165) is 37.3 Å². The molecule has 0 fully saturated rings. The smallest absolute Gasteiger partial charge is 0.217 e. The van der Waals surface area contributed by atoms with E-state index in [2.05, 4.69) is 23.4 Å². The summed E-state index contributed by atoms with van der Waals surface area (Å²) in [5.41, 5.74) is 7.32. The minimum absolute atomic E-state index is 0.240. The minimum atomic E-state index is -0.240. The number of hydrogen-bond acceptors (Lipinski definition) is 3. The maximum Gasteiger partial charge on any atom is 0.217 e. The monoisotopic (exact) mass is 224 g/mol. The molecule has 1 aromatic rings. The lowest BCUT2D eigenvalue weighted by Crippen LogP contribution is -2.19. The maximum absolute atomic E-state index is 10.5. The molecule has 1 rings (SSSR count). The highest BCUT2D eigenvalue weighted by Gasteiger charge is 2.02. The molecule has 3 N–H and O–H groups in total. The quantitative estimate of drug-likeness (QED) is 0.656. The molecule has 0 aromatic carbocycles. The second kappa shape index (κ2) is 6.27. The van der Waals surface area contributed by atoms with Gasteiger partial charge in [0.2, 0.25) is 5.91 Å². The molecule has 5 nitrogen and oxygen atoms in total. The number of nitrogens with zero attached hydrogens (tertiary/aromatic N) is 2. The molecule has 16 heavy (non-hydrogen) atoms. The molecule has 0 atom stereocenters. The fourth-order valence-corrected chi connectivity index (χ4v) is 1.51. The Bertz CT molecular complexity index is 346. The number of rotatable bonds is 7. The Balaban J connectivity index is 2.26. The van der Waals surface area contributed by atoms with Crippen LogP contribution < -0.4 is 11.1 Å². The van der Waals surface area contributed by atoms with Gasteiger partial charge in [-0.25, -0.2) is 0 Å². The molecule has 1 amide bonds. The lowest BCUT2D eigenvalue weighted by atomic mass is 10.3. The molecule has 0 aliphatic rings. The molecule has 0 bridgehead atoms. The number of nitrogens with one attached hydrogen (secondary N) is 1. The zero-order chi connectivity index (χ0) is 12.0. The summed E-state index contributed by atoms with van der Waals surface area (Å²) in [6.07, 6.45) is 2.18. The third-order valence-electron chi connectivity index (χ3n) is 2.47. The average molecular weight is 224 g/mol. The molecule has 1 heterocycles. The first-order valence-corrected chi connectivity index (χ1v) is 5.64. The topological polar surface area (TPSA) is 72.9 Å². The van der Waals surface area contributed by atoms with Crippen LogP contribution in [0.15, 0.2) is 6.07 Å². The highest BCUT2D eigenvalue weighted by molar-refractivity contribution is 5.73. The Hall–Kier alpha value is -1.36. The summed E-state index contributed by atoms with van der Waals surface area (Å²) in [6, 6.07) is 2.10. The first-order valence-electron chi connectivity index (χ1n) is 5.64. The van der Waals surface area contributed by atoms with E-state index in [9.17, 15) is 4.79 Å². The summed E-state index contributed by atoms with van der Waals surface area (Å²) in [4.78, 5) is 10.5. The summed E-state index contributed by atoms with van der Waals surface area (Å²) < 4.78 is 1.89. The molecule has 0 saturated carbocycles. The lowest BCUT2D eigenvalue weighted by Gasteiger charge is -2.03. The van der Waals surface area contributed by atoms with Crippen LogP contribution in [0.4, 0.5) is 0 Å². The molecule has 1 aromatic heterocycles. The van der Waals surface area contributed by atoms with Gasteiger partial charge in [-0.1, -0.05) is 6.92 Å². The Morgan fingerprint density at radius 3 is 2.94 bits per heavy atom. The van der Waals surface area contributed by atoms with Crippen molar-refractivity contribution < 1.29 is 4.79 Å². The van der Waals surface area contributed by atoms with Gasteiger partial charge in [-0.15, -0.1) is 0 Å². The highest BCUT2D eigenvalue weighted by Crippen LogP contribution is 2.03. The number of carbonyl (C=O) groups is 1. The molecule has 5 heteroatoms. The van der Waals surface area contributed by atoms with Crippen molar-refractivity contribution in [2.75, 3.05) is 6.54 Å². The predicted octanol–water partition coefficient (Wildman–Crippen LogP) is 0.338. The molecule has 0 radical (unpaired) electrons. The second-order valence-corrected chi connectivity index (χ2v) is 3.85. The molecule has 0 saturated heterocycles. The number of amides is 1. The average Bonchev–Trinajstić information content (AvgIpc) is 2.59. The Morgan fingerprint density at radius 1 is 1.62 bits per heavy atom. The Kier molecular flexibility index (Phi) is 4.98. The highest BCUT2D eigenvalue weighted by atomic mass is 16.1. The number of aromatic nitrogens is 2. The Morgan fingerprint density at radius 2 is 2.38 bits per heavy atom. The molecule has 90 valence electrons. The van der Waals surface area contributed by atoms with E-state index in [1.165, 1.54) is 0 Å². The van der Waals surface area contributed by atoms with Crippen LogP contribution in [-0.2, 0) is 24.8 Å². The Labute approximate surface area is 96.0 Å². The van der Waals surface area contributed by atoms with Crippen molar-refractivity contribution in [3.63, 3.8) is 0 Å². The van der Waals surface area contributed by atoms with Gasteiger partial charge in [-0.3, -0.25) is 9.48 Å². The van der Waals surface area contributed by atoms with Gasteiger partial charge in [0.25, 0.3) is 0 Å². The van der Waals surface area contributed by atoms with Gasteiger partial charge in [0, 0.05) is 20.0 Å². The summed E-state index contributed by atoms with van der Waals surface area (Å²) in [5.74, 6) is -0.240. The van der Waals surface area contributed by atoms with Crippen LogP contribution in [0.2, 0.25) is 0 Å². The van der Waals surface area contributed by atoms with Gasteiger partial charge in [0.1, 0.15) is 0 Å². The first kappa shape index (κ1) is 12.7. The van der Waals surface area contributed by atoms with Gasteiger partial charge in [0.15, 0.2) is 0 Å². The number of aryl methyl sites for hydroxylation is 2. The number of primary amides is 1. The first-order chi connectivity index (χ1) is 7.63. The van der Waals surface area contributed by atoms with Crippen LogP contribution in [0.3, 0.4) is 0 Å². The van der Waals surface area contributed by atoms with E-state index >= 15 is 0 Å². The fourth-order valence-electron chi connectivity index (χ4n) is 1.51. The van der Waals surface area contributed by atoms with Crippen molar-refractivity contribution in [3.8, 4) is 0 Å². The van der Waals surface area contributed by atoms with Crippen LogP contribution in [0, 0.1) is 0 Å². The van der Waals surface area contributed by atoms with Crippen LogP contribution in [0.5, 0.6) is 0 Å². The van der Waals surface area contributed by atoms with Gasteiger partial charge in [-0.05, 0) is 25.5 Å². The summed E-state index contributed by atoms with van der Waals surface area (Å²) >= 11 is 0. The summed E-state index contributed by atoms with van der Waals surface area (Å²) in [5, 5.41) is 7.63. The molecular formula is C11H20N4O. The lowest BCUT2D eigenvalue weighted by molar-refractivity contribution is -0.118. The van der Waals surface area contributed by atoms with E-state index in [1.807, 2.05) is 11.7 Å². The third kappa shape index (κ3) is 4.02. The standard InChI is InChI=1S/C11H20N4O/c1-3-9-7-10(15(2)14-9)8-13-6-4-5-11(12)16/h7,13H,3-6,8H2,1-2H3,(H2,12,16). The van der Waals surface area contributed by atoms with Crippen molar-refractivity contribution >= 4 is 5.91 Å². The van der Waals surface area contributed by atoms with E-state index in [1.54, 1.807) is 0 Å². The summed E-state index contributed by atoms with van der Waals surface area (Å²) in [7, 11) is 1.94. The van der Waals surface area contributed by atoms with Crippen molar-refractivity contribution in [1.82, 2.24) is 15.1 Å². The van der Waals surface area contributed by atoms with Gasteiger partial charge in [-0.2, -0.15) is 5.10 Å². The van der Waals surface area contributed by atoms with Crippen molar-refractivity contribution in [3.05, 3.63) is 17.5 Å². The van der Waals surface area contributed by atoms with Gasteiger partial charge >= 0.3 is 0 Å². The van der Waals surface area contributed by atoms with Crippen LogP contribution in [0.25, 0.3) is 0 Å². The van der Waals surface area contributed by atoms with Crippen LogP contribution >= 0.6 is 0 Å². The normalized spacial score (nSPS) is 10.6. The zero-order valence-electron chi connectivity index (χ0n) is 9.99. The van der Waals surface area contributed by atoms with Gasteiger partial charge in [0.05, 0.1) is 11.4 Å². The molecule has 0 spiro atoms. The van der Waals surface area contributed by atoms with Crippen molar-refractivity contribution in [2.45, 2.75) is 32.7 Å². The number of carbonyl (C=O) groups excluding carboxylic acids is 1. The van der Waals surface area contributed by atoms with E-state index in [-0.39, 0.29) is 5.91 Å². The second-order valence-electron chi connectivity index (χ2n) is 3.85. The van der Waals surface area contributed by atoms with Gasteiger partial charge < -0.3 is 11.1 Å². The third-order valence-corrected chi connectivity index (χ3v) is 2.47. The number of nitrogens with two attached hydrogens (primary N) is 1. The summed E-state index contributed by atoms with van der Waals surface area (Å²) in [6.45, 7) is 3.67. The van der Waals surface area contributed by atoms with E-state index in [0.29, 0.717) is 6.42 Å². The number of hydrogen-bond donors (Lipinski definition) is 2. The van der Waals surface area contributed by atoms with E-state index < -0.39 is 0 Å². The molecule has 0 aliphatic carbocycles. The zero-order valence-corrected chi connectivity index (χ0v) is 9.99. The predicted molar refractivity (Wildman–Crippen MR) is 62.7 cm³/mol. The molecule has 0 unspecified atom stereocenters. The van der Waals surface area contributed by atoms with E-state index in [4.69, 9.17) is 5.73 Å². The minimum Gasteiger partial charge on any atom is -0.370 e. The van der Waals surface area contributed by atoms with Crippen molar-refractivity contribution in [2.24, 2.45) is 12.8 Å². The van der Waals surface area contributed by atoms with Crippen LogP contribution in [-0.4, -0.2) is 22.2 Å². The molecular weight excluding hydrogens is 204 g/mol. The SMILES string of the molecule is CCc1cc(CNCCCC(N)=O)n(C)n1. The fraction of sp³-hybridized carbons (Fsp3) is 0.636. The van der Waals surface area contributed by atoms with Crippen LogP contribution in [0.1, 0.15) is 31.2 Å². The largest absolute Gasteiger partial charge is 0.370 e. The maximum atomic E-state index is 10.5. The molecule has 0 aliphatic heterocycles. The van der Waals surface area contributed by atoms with Crippen molar-refractivity contribution in [1.29, 1.82) is 0 Å².